The van der Waals surface area contributed by atoms with Crippen LogP contribution in [0, 0.1) is 24.0 Å². The van der Waals surface area contributed by atoms with Gasteiger partial charge in [-0.15, -0.1) is 0 Å². The van der Waals surface area contributed by atoms with E-state index in [-0.39, 0.29) is 12.1 Å². The van der Waals surface area contributed by atoms with Gasteiger partial charge in [-0.25, -0.2) is 0 Å². The highest BCUT2D eigenvalue weighted by Crippen LogP contribution is 2.32. The standard InChI is InChI=1S/C20H24N2O5/c1-14-10-15(2)12-16(11-14)21-18-13-17(7-8-19(18)22(25)26)27-9-5-3-4-6-20(23)24/h7-8,10-13,21H,3-6,9H2,1-2H3,(H,23,24). The number of nitro groups is 1. The van der Waals surface area contributed by atoms with Crippen molar-refractivity contribution in [1.29, 1.82) is 0 Å². The fraction of sp³-hybridized carbons (Fsp3) is 0.350. The average molecular weight is 372 g/mol. The zero-order valence-corrected chi connectivity index (χ0v) is 15.5. The van der Waals surface area contributed by atoms with Crippen molar-refractivity contribution in [2.75, 3.05) is 11.9 Å². The van der Waals surface area contributed by atoms with Crippen molar-refractivity contribution in [3.63, 3.8) is 0 Å². The van der Waals surface area contributed by atoms with Gasteiger partial charge in [-0.2, -0.15) is 0 Å². The van der Waals surface area contributed by atoms with Crippen LogP contribution in [0.15, 0.2) is 36.4 Å². The Labute approximate surface area is 158 Å². The third-order valence-electron chi connectivity index (χ3n) is 3.97. The first kappa shape index (κ1) is 20.2. The number of aryl methyl sites for hydroxylation is 2. The van der Waals surface area contributed by atoms with Crippen molar-refractivity contribution in [3.8, 4) is 5.75 Å². The molecule has 0 aliphatic rings. The quantitative estimate of drug-likeness (QED) is 0.346. The number of carboxylic acids is 1. The molecule has 7 nitrogen and oxygen atoms in total. The molecule has 2 N–H and O–H groups in total. The smallest absolute Gasteiger partial charge is 0.303 e. The zero-order valence-electron chi connectivity index (χ0n) is 15.5. The summed E-state index contributed by atoms with van der Waals surface area (Å²) in [5, 5.41) is 23.0. The van der Waals surface area contributed by atoms with Crippen LogP contribution < -0.4 is 10.1 Å². The van der Waals surface area contributed by atoms with Crippen LogP contribution in [0.25, 0.3) is 0 Å². The highest BCUT2D eigenvalue weighted by Gasteiger charge is 2.15. The molecule has 0 saturated carbocycles. The number of unbranched alkanes of at least 4 members (excludes halogenated alkanes) is 2. The highest BCUT2D eigenvalue weighted by atomic mass is 16.6. The first-order chi connectivity index (χ1) is 12.8. The number of rotatable bonds is 10. The summed E-state index contributed by atoms with van der Waals surface area (Å²) in [6.07, 6.45) is 2.25. The van der Waals surface area contributed by atoms with Gasteiger partial charge in [0.1, 0.15) is 11.4 Å². The van der Waals surface area contributed by atoms with E-state index in [1.165, 1.54) is 6.07 Å². The number of benzene rings is 2. The number of ether oxygens (including phenoxy) is 1. The molecule has 0 aromatic heterocycles. The Kier molecular flexibility index (Phi) is 7.16. The van der Waals surface area contributed by atoms with Crippen LogP contribution in [0.5, 0.6) is 5.75 Å². The van der Waals surface area contributed by atoms with Crippen LogP contribution in [0.4, 0.5) is 17.1 Å². The third kappa shape index (κ3) is 6.62. The summed E-state index contributed by atoms with van der Waals surface area (Å²) < 4.78 is 5.66. The second-order valence-corrected chi connectivity index (χ2v) is 6.49. The summed E-state index contributed by atoms with van der Waals surface area (Å²) in [5.41, 5.74) is 3.25. The second kappa shape index (κ2) is 9.56. The molecule has 0 unspecified atom stereocenters. The Hall–Kier alpha value is -3.09. The van der Waals surface area contributed by atoms with Gasteiger partial charge in [-0.3, -0.25) is 14.9 Å². The maximum absolute atomic E-state index is 11.3. The number of carboxylic acid groups (broad SMARTS) is 1. The number of nitrogens with zero attached hydrogens (tertiary/aromatic N) is 1. The van der Waals surface area contributed by atoms with Crippen molar-refractivity contribution in [2.45, 2.75) is 39.5 Å². The van der Waals surface area contributed by atoms with E-state index in [9.17, 15) is 14.9 Å². The van der Waals surface area contributed by atoms with E-state index in [4.69, 9.17) is 9.84 Å². The Morgan fingerprint density at radius 2 is 1.81 bits per heavy atom. The van der Waals surface area contributed by atoms with Crippen molar-refractivity contribution in [2.24, 2.45) is 0 Å². The van der Waals surface area contributed by atoms with Gasteiger partial charge < -0.3 is 15.2 Å². The van der Waals surface area contributed by atoms with Gasteiger partial charge in [0.25, 0.3) is 5.69 Å². The minimum absolute atomic E-state index is 0.0250. The van der Waals surface area contributed by atoms with Gasteiger partial charge in [0, 0.05) is 24.2 Å². The fourth-order valence-corrected chi connectivity index (χ4v) is 2.81. The molecule has 2 aromatic carbocycles. The molecule has 0 bridgehead atoms. The molecule has 0 amide bonds. The van der Waals surface area contributed by atoms with Crippen molar-refractivity contribution in [1.82, 2.24) is 0 Å². The lowest BCUT2D eigenvalue weighted by atomic mass is 10.1. The molecule has 0 heterocycles. The number of nitrogens with one attached hydrogen (secondary N) is 1. The molecular weight excluding hydrogens is 348 g/mol. The Morgan fingerprint density at radius 3 is 2.44 bits per heavy atom. The molecule has 2 aromatic rings. The normalized spacial score (nSPS) is 10.4. The Morgan fingerprint density at radius 1 is 1.11 bits per heavy atom. The van der Waals surface area contributed by atoms with Gasteiger partial charge >= 0.3 is 5.97 Å². The molecule has 0 fully saturated rings. The van der Waals surface area contributed by atoms with Gasteiger partial charge in [0.2, 0.25) is 0 Å². The molecule has 2 rings (SSSR count). The molecule has 7 heteroatoms. The van der Waals surface area contributed by atoms with Crippen LogP contribution in [0.2, 0.25) is 0 Å². The first-order valence-electron chi connectivity index (χ1n) is 8.83. The Balaban J connectivity index is 2.05. The summed E-state index contributed by atoms with van der Waals surface area (Å²) in [5.74, 6) is -0.265. The van der Waals surface area contributed by atoms with E-state index in [0.29, 0.717) is 24.5 Å². The maximum atomic E-state index is 11.3. The molecule has 0 atom stereocenters. The monoisotopic (exact) mass is 372 g/mol. The molecule has 144 valence electrons. The van der Waals surface area contributed by atoms with E-state index < -0.39 is 10.9 Å². The fourth-order valence-electron chi connectivity index (χ4n) is 2.81. The van der Waals surface area contributed by atoms with Gasteiger partial charge in [-0.1, -0.05) is 6.07 Å². The Bertz CT molecular complexity index is 800. The number of nitro benzene ring substituents is 1. The lowest BCUT2D eigenvalue weighted by Gasteiger charge is -2.12. The predicted octanol–water partition coefficient (Wildman–Crippen LogP) is 4.98. The van der Waals surface area contributed by atoms with Crippen molar-refractivity contribution < 1.29 is 19.6 Å². The third-order valence-corrected chi connectivity index (χ3v) is 3.97. The zero-order chi connectivity index (χ0) is 19.8. The van der Waals surface area contributed by atoms with E-state index in [1.807, 2.05) is 32.0 Å². The molecule has 0 aliphatic heterocycles. The topological polar surface area (TPSA) is 102 Å². The van der Waals surface area contributed by atoms with Crippen molar-refractivity contribution >= 4 is 23.0 Å². The predicted molar refractivity (Wildman–Crippen MR) is 104 cm³/mol. The molecular formula is C20H24N2O5. The van der Waals surface area contributed by atoms with Crippen LogP contribution in [-0.2, 0) is 4.79 Å². The lowest BCUT2D eigenvalue weighted by Crippen LogP contribution is -2.01. The number of anilines is 2. The second-order valence-electron chi connectivity index (χ2n) is 6.49. The van der Waals surface area contributed by atoms with E-state index in [2.05, 4.69) is 5.32 Å². The summed E-state index contributed by atoms with van der Waals surface area (Å²) in [6, 6.07) is 10.5. The first-order valence-corrected chi connectivity index (χ1v) is 8.83. The highest BCUT2D eigenvalue weighted by molar-refractivity contribution is 5.71. The number of hydrogen-bond donors (Lipinski definition) is 2. The van der Waals surface area contributed by atoms with E-state index >= 15 is 0 Å². The lowest BCUT2D eigenvalue weighted by molar-refractivity contribution is -0.383. The van der Waals surface area contributed by atoms with Crippen molar-refractivity contribution in [3.05, 3.63) is 57.6 Å². The van der Waals surface area contributed by atoms with Gasteiger partial charge in [-0.05, 0) is 62.4 Å². The SMILES string of the molecule is Cc1cc(C)cc(Nc2cc(OCCCCCC(=O)O)ccc2[N+](=O)[O-])c1. The van der Waals surface area contributed by atoms with Crippen LogP contribution in [0.3, 0.4) is 0 Å². The molecule has 0 aliphatic carbocycles. The van der Waals surface area contributed by atoms with Gasteiger partial charge in [0.05, 0.1) is 11.5 Å². The molecule has 0 saturated heterocycles. The molecule has 0 spiro atoms. The number of aliphatic carboxylic acids is 1. The van der Waals surface area contributed by atoms with Crippen LogP contribution >= 0.6 is 0 Å². The van der Waals surface area contributed by atoms with Gasteiger partial charge in [0.15, 0.2) is 0 Å². The van der Waals surface area contributed by atoms with Crippen LogP contribution in [0.1, 0.15) is 36.8 Å². The number of carbonyl (C=O) groups is 1. The minimum atomic E-state index is -0.798. The number of hydrogen-bond acceptors (Lipinski definition) is 5. The minimum Gasteiger partial charge on any atom is -0.494 e. The summed E-state index contributed by atoms with van der Waals surface area (Å²) in [7, 11) is 0. The largest absolute Gasteiger partial charge is 0.494 e. The maximum Gasteiger partial charge on any atom is 0.303 e. The molecule has 0 radical (unpaired) electrons. The van der Waals surface area contributed by atoms with E-state index in [1.54, 1.807) is 12.1 Å². The van der Waals surface area contributed by atoms with E-state index in [0.717, 1.165) is 29.7 Å². The summed E-state index contributed by atoms with van der Waals surface area (Å²) in [6.45, 7) is 4.37. The average Bonchev–Trinajstić information content (AvgIpc) is 2.56. The summed E-state index contributed by atoms with van der Waals surface area (Å²) >= 11 is 0. The summed E-state index contributed by atoms with van der Waals surface area (Å²) in [4.78, 5) is 21.4. The van der Waals surface area contributed by atoms with Crippen LogP contribution in [-0.4, -0.2) is 22.6 Å². The molecule has 27 heavy (non-hydrogen) atoms.